The summed E-state index contributed by atoms with van der Waals surface area (Å²) in [4.78, 5) is 40.5. The highest BCUT2D eigenvalue weighted by Gasteiger charge is 2.34. The van der Waals surface area contributed by atoms with Crippen LogP contribution in [0, 0.1) is 0 Å². The molecular weight excluding hydrogens is 424 g/mol. The fraction of sp³-hybridized carbons (Fsp3) is 0.560. The van der Waals surface area contributed by atoms with E-state index in [4.69, 9.17) is 14.2 Å². The van der Waals surface area contributed by atoms with Crippen molar-refractivity contribution in [3.8, 4) is 0 Å². The van der Waals surface area contributed by atoms with E-state index < -0.39 is 6.04 Å². The Hall–Kier alpha value is -2.71. The molecule has 2 amide bonds. The molecule has 8 heteroatoms. The number of rotatable bonds is 15. The molecule has 8 nitrogen and oxygen atoms in total. The molecule has 1 atom stereocenters. The van der Waals surface area contributed by atoms with Crippen LogP contribution in [-0.2, 0) is 28.6 Å². The lowest BCUT2D eigenvalue weighted by atomic mass is 10.2. The second kappa shape index (κ2) is 15.2. The fourth-order valence-electron chi connectivity index (χ4n) is 3.81. The van der Waals surface area contributed by atoms with E-state index in [1.54, 1.807) is 28.0 Å². The molecule has 0 aromatic rings. The largest absolute Gasteiger partial charge is 0.460 e. The van der Waals surface area contributed by atoms with Crippen molar-refractivity contribution in [2.24, 2.45) is 0 Å². The Labute approximate surface area is 196 Å². The van der Waals surface area contributed by atoms with Crippen LogP contribution in [0.25, 0.3) is 0 Å². The Morgan fingerprint density at radius 1 is 1.00 bits per heavy atom. The van der Waals surface area contributed by atoms with Crippen LogP contribution in [0.15, 0.2) is 49.2 Å². The zero-order valence-electron chi connectivity index (χ0n) is 19.4. The number of ether oxygens (including phenoxy) is 3. The molecule has 2 rings (SSSR count). The van der Waals surface area contributed by atoms with Gasteiger partial charge in [0.05, 0.1) is 13.2 Å². The standard InChI is InChI=1S/C25H36N2O6/c1-3-5-13-24(29)27-16-10-12-22(27)25(30)33-18-8-6-7-14-23(28)26-15-9-11-21(26)19-32-20-31-17-4-2/h3-4,6,8,11,22H,1-2,5,7,9-10,12-20H2/b8-6+. The van der Waals surface area contributed by atoms with Crippen molar-refractivity contribution in [1.29, 1.82) is 0 Å². The van der Waals surface area contributed by atoms with Gasteiger partial charge in [-0.05, 0) is 32.1 Å². The van der Waals surface area contributed by atoms with Crippen LogP contribution >= 0.6 is 0 Å². The summed E-state index contributed by atoms with van der Waals surface area (Å²) in [7, 11) is 0. The molecule has 0 spiro atoms. The van der Waals surface area contributed by atoms with E-state index >= 15 is 0 Å². The minimum Gasteiger partial charge on any atom is -0.460 e. The number of likely N-dealkylation sites (tertiary alicyclic amines) is 1. The molecule has 0 N–H and O–H groups in total. The second-order valence-electron chi connectivity index (χ2n) is 7.87. The summed E-state index contributed by atoms with van der Waals surface area (Å²) in [6.07, 6.45) is 13.1. The van der Waals surface area contributed by atoms with E-state index in [2.05, 4.69) is 13.2 Å². The topological polar surface area (TPSA) is 85.4 Å². The van der Waals surface area contributed by atoms with Crippen LogP contribution in [-0.4, -0.2) is 73.3 Å². The molecule has 33 heavy (non-hydrogen) atoms. The smallest absolute Gasteiger partial charge is 0.329 e. The average Bonchev–Trinajstić information content (AvgIpc) is 3.49. The zero-order chi connectivity index (χ0) is 23.9. The Bertz CT molecular complexity index is 745. The molecule has 2 heterocycles. The van der Waals surface area contributed by atoms with Crippen LogP contribution in [0.3, 0.4) is 0 Å². The van der Waals surface area contributed by atoms with Crippen molar-refractivity contribution in [2.75, 3.05) is 39.7 Å². The third-order valence-electron chi connectivity index (χ3n) is 5.45. The number of carbonyl (C=O) groups excluding carboxylic acids is 3. The van der Waals surface area contributed by atoms with Gasteiger partial charge in [-0.25, -0.2) is 4.79 Å². The first-order chi connectivity index (χ1) is 16.1. The monoisotopic (exact) mass is 460 g/mol. The summed E-state index contributed by atoms with van der Waals surface area (Å²) < 4.78 is 16.0. The second-order valence-corrected chi connectivity index (χ2v) is 7.87. The minimum atomic E-state index is -0.498. The molecular formula is C25H36N2O6. The lowest BCUT2D eigenvalue weighted by Gasteiger charge is -2.22. The van der Waals surface area contributed by atoms with Gasteiger partial charge >= 0.3 is 5.97 Å². The SMILES string of the molecule is C=CCCC(=O)N1CCCC1C(=O)OC/C=C/CCC(=O)N1CCC=C1COCOCC=C. The minimum absolute atomic E-state index is 0.0339. The quantitative estimate of drug-likeness (QED) is 0.162. The van der Waals surface area contributed by atoms with Crippen molar-refractivity contribution in [1.82, 2.24) is 9.80 Å². The number of amides is 2. The summed E-state index contributed by atoms with van der Waals surface area (Å²) in [5, 5.41) is 0. The predicted octanol–water partition coefficient (Wildman–Crippen LogP) is 3.12. The van der Waals surface area contributed by atoms with Gasteiger partial charge in [0.1, 0.15) is 19.4 Å². The highest BCUT2D eigenvalue weighted by molar-refractivity contribution is 5.85. The Kier molecular flexibility index (Phi) is 12.2. The first-order valence-corrected chi connectivity index (χ1v) is 11.6. The van der Waals surface area contributed by atoms with Gasteiger partial charge in [-0.1, -0.05) is 30.4 Å². The van der Waals surface area contributed by atoms with Gasteiger partial charge in [-0.15, -0.1) is 13.2 Å². The van der Waals surface area contributed by atoms with Crippen molar-refractivity contribution >= 4 is 17.8 Å². The van der Waals surface area contributed by atoms with Gasteiger partial charge in [-0.2, -0.15) is 0 Å². The van der Waals surface area contributed by atoms with Gasteiger partial charge < -0.3 is 24.0 Å². The fourth-order valence-corrected chi connectivity index (χ4v) is 3.81. The maximum Gasteiger partial charge on any atom is 0.329 e. The number of nitrogens with zero attached hydrogens (tertiary/aromatic N) is 2. The van der Waals surface area contributed by atoms with Crippen molar-refractivity contribution in [3.05, 3.63) is 49.2 Å². The number of allylic oxidation sites excluding steroid dienone is 2. The van der Waals surface area contributed by atoms with Gasteiger partial charge in [0.15, 0.2) is 0 Å². The molecule has 1 fully saturated rings. The van der Waals surface area contributed by atoms with Crippen molar-refractivity contribution < 1.29 is 28.6 Å². The Morgan fingerprint density at radius 3 is 2.61 bits per heavy atom. The van der Waals surface area contributed by atoms with Crippen molar-refractivity contribution in [2.45, 2.75) is 51.0 Å². The van der Waals surface area contributed by atoms with E-state index in [-0.39, 0.29) is 31.2 Å². The highest BCUT2D eigenvalue weighted by atomic mass is 16.7. The number of hydrogen-bond acceptors (Lipinski definition) is 6. The molecule has 0 aromatic heterocycles. The van der Waals surface area contributed by atoms with Gasteiger partial charge in [-0.3, -0.25) is 9.59 Å². The van der Waals surface area contributed by atoms with E-state index in [1.807, 2.05) is 12.2 Å². The predicted molar refractivity (Wildman–Crippen MR) is 125 cm³/mol. The van der Waals surface area contributed by atoms with Crippen LogP contribution in [0.1, 0.15) is 44.9 Å². The molecule has 2 aliphatic heterocycles. The maximum atomic E-state index is 12.5. The van der Waals surface area contributed by atoms with Crippen LogP contribution < -0.4 is 0 Å². The molecule has 2 aliphatic rings. The number of carbonyl (C=O) groups is 3. The van der Waals surface area contributed by atoms with Crippen LogP contribution in [0.2, 0.25) is 0 Å². The molecule has 0 bridgehead atoms. The van der Waals surface area contributed by atoms with Gasteiger partial charge in [0, 0.05) is 31.6 Å². The molecule has 0 radical (unpaired) electrons. The van der Waals surface area contributed by atoms with E-state index in [9.17, 15) is 14.4 Å². The molecule has 182 valence electrons. The average molecular weight is 461 g/mol. The lowest BCUT2D eigenvalue weighted by molar-refractivity contribution is -0.152. The summed E-state index contributed by atoms with van der Waals surface area (Å²) >= 11 is 0. The molecule has 1 saturated heterocycles. The van der Waals surface area contributed by atoms with Crippen LogP contribution in [0.5, 0.6) is 0 Å². The van der Waals surface area contributed by atoms with E-state index in [1.165, 1.54) is 0 Å². The molecule has 0 aliphatic carbocycles. The van der Waals surface area contributed by atoms with Crippen molar-refractivity contribution in [3.63, 3.8) is 0 Å². The summed E-state index contributed by atoms with van der Waals surface area (Å²) in [5.74, 6) is -0.367. The Morgan fingerprint density at radius 2 is 1.82 bits per heavy atom. The lowest BCUT2D eigenvalue weighted by Crippen LogP contribution is -2.41. The normalized spacial score (nSPS) is 17.9. The number of hydrogen-bond donors (Lipinski definition) is 0. The Balaban J connectivity index is 1.64. The summed E-state index contributed by atoms with van der Waals surface area (Å²) in [6, 6.07) is -0.498. The maximum absolute atomic E-state index is 12.5. The first kappa shape index (κ1) is 26.5. The van der Waals surface area contributed by atoms with Gasteiger partial charge in [0.2, 0.25) is 11.8 Å². The van der Waals surface area contributed by atoms with Gasteiger partial charge in [0.25, 0.3) is 0 Å². The third-order valence-corrected chi connectivity index (χ3v) is 5.45. The molecule has 0 saturated carbocycles. The molecule has 1 unspecified atom stereocenters. The third kappa shape index (κ3) is 8.98. The zero-order valence-corrected chi connectivity index (χ0v) is 19.4. The van der Waals surface area contributed by atoms with E-state index in [0.717, 1.165) is 18.5 Å². The molecule has 0 aromatic carbocycles. The highest BCUT2D eigenvalue weighted by Crippen LogP contribution is 2.20. The van der Waals surface area contributed by atoms with E-state index in [0.29, 0.717) is 58.4 Å². The van der Waals surface area contributed by atoms with Crippen LogP contribution in [0.4, 0.5) is 0 Å². The number of esters is 1. The first-order valence-electron chi connectivity index (χ1n) is 11.6. The summed E-state index contributed by atoms with van der Waals surface area (Å²) in [6.45, 7) is 9.51. The summed E-state index contributed by atoms with van der Waals surface area (Å²) in [5.41, 5.74) is 0.865.